The van der Waals surface area contributed by atoms with E-state index >= 15 is 0 Å². The smallest absolute Gasteiger partial charge is 0.225 e. The van der Waals surface area contributed by atoms with Crippen LogP contribution in [0.2, 0.25) is 0 Å². The van der Waals surface area contributed by atoms with Gasteiger partial charge in [0.2, 0.25) is 5.95 Å². The molecule has 0 spiro atoms. The lowest BCUT2D eigenvalue weighted by molar-refractivity contribution is 0.685. The van der Waals surface area contributed by atoms with Crippen molar-refractivity contribution in [2.75, 3.05) is 11.9 Å². The molecule has 0 aliphatic carbocycles. The molecule has 3 aromatic rings. The fraction of sp³-hybridized carbons (Fsp3) is 0.300. The monoisotopic (exact) mass is 276 g/mol. The number of aryl methyl sites for hydroxylation is 1. The number of nitrogens with zero attached hydrogens (tertiary/aromatic N) is 6. The van der Waals surface area contributed by atoms with Crippen LogP contribution in [0, 0.1) is 0 Å². The van der Waals surface area contributed by atoms with Crippen molar-refractivity contribution in [3.05, 3.63) is 12.7 Å². The van der Waals surface area contributed by atoms with E-state index in [1.54, 1.807) is 11.0 Å². The van der Waals surface area contributed by atoms with Gasteiger partial charge in [0, 0.05) is 13.6 Å². The molecule has 0 fully saturated rings. The predicted molar refractivity (Wildman–Crippen MR) is 71.0 cm³/mol. The number of hydrogen-bond acceptors (Lipinski definition) is 7. The summed E-state index contributed by atoms with van der Waals surface area (Å²) in [6.07, 6.45) is 3.12. The molecule has 8 nitrogen and oxygen atoms in total. The summed E-state index contributed by atoms with van der Waals surface area (Å²) in [7, 11) is 1.84. The number of nitrogens with one attached hydrogen (secondary N) is 2. The largest absolute Gasteiger partial charge is 0.354 e. The van der Waals surface area contributed by atoms with Gasteiger partial charge in [-0.3, -0.25) is 0 Å². The van der Waals surface area contributed by atoms with Crippen LogP contribution in [-0.4, -0.2) is 41.2 Å². The van der Waals surface area contributed by atoms with E-state index in [1.807, 2.05) is 14.0 Å². The Bertz CT molecular complexity index is 702. The molecule has 0 radical (unpaired) electrons. The van der Waals surface area contributed by atoms with Crippen molar-refractivity contribution in [1.82, 2.24) is 34.7 Å². The molecule has 0 unspecified atom stereocenters. The minimum atomic E-state index is 0.562. The van der Waals surface area contributed by atoms with Crippen LogP contribution in [0.4, 0.5) is 5.95 Å². The number of rotatable bonds is 4. The highest BCUT2D eigenvalue weighted by Gasteiger charge is 2.13. The van der Waals surface area contributed by atoms with Gasteiger partial charge in [-0.2, -0.15) is 10.1 Å². The van der Waals surface area contributed by atoms with E-state index in [2.05, 4.69) is 35.3 Å². The standard InChI is InChI=1S/C10H12N8S/c1-3-11-9-16-7-6(12-4-13-7)8(17-9)19-10-14-5-15-18(10)2/h4-5H,3H2,1-2H3,(H2,11,12,13,16,17). The third-order valence-corrected chi connectivity index (χ3v) is 3.49. The quantitative estimate of drug-likeness (QED) is 0.688. The molecule has 0 saturated carbocycles. The third-order valence-electron chi connectivity index (χ3n) is 2.45. The van der Waals surface area contributed by atoms with E-state index in [4.69, 9.17) is 0 Å². The maximum absolute atomic E-state index is 4.47. The minimum Gasteiger partial charge on any atom is -0.354 e. The Morgan fingerprint density at radius 1 is 1.37 bits per heavy atom. The van der Waals surface area contributed by atoms with Crippen molar-refractivity contribution >= 4 is 28.9 Å². The number of H-pyrrole nitrogens is 1. The average molecular weight is 276 g/mol. The summed E-state index contributed by atoms with van der Waals surface area (Å²) < 4.78 is 1.70. The van der Waals surface area contributed by atoms with E-state index in [-0.39, 0.29) is 0 Å². The fourth-order valence-electron chi connectivity index (χ4n) is 1.58. The molecule has 0 atom stereocenters. The zero-order valence-corrected chi connectivity index (χ0v) is 11.3. The first-order chi connectivity index (χ1) is 9.28. The van der Waals surface area contributed by atoms with Gasteiger partial charge in [0.05, 0.1) is 6.33 Å². The summed E-state index contributed by atoms with van der Waals surface area (Å²) in [5.74, 6) is 0.562. The van der Waals surface area contributed by atoms with Crippen molar-refractivity contribution in [2.24, 2.45) is 7.05 Å². The second-order valence-electron chi connectivity index (χ2n) is 3.75. The van der Waals surface area contributed by atoms with Crippen LogP contribution in [0.5, 0.6) is 0 Å². The lowest BCUT2D eigenvalue weighted by Gasteiger charge is -2.05. The van der Waals surface area contributed by atoms with Crippen LogP contribution < -0.4 is 5.32 Å². The van der Waals surface area contributed by atoms with Gasteiger partial charge in [-0.15, -0.1) is 0 Å². The Balaban J connectivity index is 2.05. The third kappa shape index (κ3) is 2.24. The molecule has 19 heavy (non-hydrogen) atoms. The molecule has 3 aromatic heterocycles. The summed E-state index contributed by atoms with van der Waals surface area (Å²) in [5.41, 5.74) is 1.44. The first-order valence-electron chi connectivity index (χ1n) is 5.74. The first-order valence-corrected chi connectivity index (χ1v) is 6.56. The van der Waals surface area contributed by atoms with Crippen molar-refractivity contribution in [1.29, 1.82) is 0 Å². The molecule has 0 aliphatic heterocycles. The normalized spacial score (nSPS) is 11.1. The van der Waals surface area contributed by atoms with E-state index < -0.39 is 0 Å². The predicted octanol–water partition coefficient (Wildman–Crippen LogP) is 1.06. The molecule has 0 saturated heterocycles. The number of imidazole rings is 1. The maximum atomic E-state index is 4.47. The second-order valence-corrected chi connectivity index (χ2v) is 4.71. The van der Waals surface area contributed by atoms with Gasteiger partial charge in [0.1, 0.15) is 16.9 Å². The van der Waals surface area contributed by atoms with Gasteiger partial charge in [-0.25, -0.2) is 19.6 Å². The van der Waals surface area contributed by atoms with E-state index in [0.717, 1.165) is 22.2 Å². The second kappa shape index (κ2) is 4.84. The van der Waals surface area contributed by atoms with Gasteiger partial charge in [-0.05, 0) is 18.7 Å². The van der Waals surface area contributed by atoms with Gasteiger partial charge in [0.25, 0.3) is 0 Å². The van der Waals surface area contributed by atoms with Gasteiger partial charge in [-0.1, -0.05) is 0 Å². The Kier molecular flexibility index (Phi) is 3.03. The first kappa shape index (κ1) is 11.9. The van der Waals surface area contributed by atoms with E-state index in [1.165, 1.54) is 18.1 Å². The van der Waals surface area contributed by atoms with Gasteiger partial charge < -0.3 is 10.3 Å². The zero-order valence-electron chi connectivity index (χ0n) is 10.5. The Morgan fingerprint density at radius 2 is 2.26 bits per heavy atom. The molecular weight excluding hydrogens is 264 g/mol. The summed E-state index contributed by atoms with van der Waals surface area (Å²) in [6, 6.07) is 0. The van der Waals surface area contributed by atoms with Crippen LogP contribution >= 0.6 is 11.8 Å². The maximum Gasteiger partial charge on any atom is 0.225 e. The molecule has 2 N–H and O–H groups in total. The molecule has 9 heteroatoms. The van der Waals surface area contributed by atoms with Gasteiger partial charge in [0.15, 0.2) is 10.8 Å². The van der Waals surface area contributed by atoms with Crippen LogP contribution in [-0.2, 0) is 7.05 Å². The minimum absolute atomic E-state index is 0.562. The van der Waals surface area contributed by atoms with E-state index in [0.29, 0.717) is 11.6 Å². The van der Waals surface area contributed by atoms with Crippen molar-refractivity contribution in [3.8, 4) is 0 Å². The fourth-order valence-corrected chi connectivity index (χ4v) is 2.42. The molecule has 3 heterocycles. The van der Waals surface area contributed by atoms with Crippen LogP contribution in [0.25, 0.3) is 11.2 Å². The highest BCUT2D eigenvalue weighted by Crippen LogP contribution is 2.29. The number of anilines is 1. The molecule has 3 rings (SSSR count). The highest BCUT2D eigenvalue weighted by molar-refractivity contribution is 7.99. The summed E-state index contributed by atoms with van der Waals surface area (Å²) in [5, 5.41) is 8.66. The Hall–Kier alpha value is -2.16. The number of aromatic amines is 1. The summed E-state index contributed by atoms with van der Waals surface area (Å²) in [4.78, 5) is 20.2. The molecule has 0 aliphatic rings. The van der Waals surface area contributed by atoms with Gasteiger partial charge >= 0.3 is 0 Å². The van der Waals surface area contributed by atoms with Crippen molar-refractivity contribution < 1.29 is 0 Å². The highest BCUT2D eigenvalue weighted by atomic mass is 32.2. The topological polar surface area (TPSA) is 97.2 Å². The Labute approximate surface area is 113 Å². The molecular formula is C10H12N8S. The van der Waals surface area contributed by atoms with Crippen LogP contribution in [0.15, 0.2) is 22.8 Å². The number of hydrogen-bond donors (Lipinski definition) is 2. The summed E-state index contributed by atoms with van der Waals surface area (Å²) >= 11 is 1.42. The van der Waals surface area contributed by atoms with Crippen LogP contribution in [0.3, 0.4) is 0 Å². The lowest BCUT2D eigenvalue weighted by atomic mass is 10.5. The van der Waals surface area contributed by atoms with E-state index in [9.17, 15) is 0 Å². The zero-order chi connectivity index (χ0) is 13.2. The summed E-state index contributed by atoms with van der Waals surface area (Å²) in [6.45, 7) is 2.75. The average Bonchev–Trinajstić information content (AvgIpc) is 3.00. The SMILES string of the molecule is CCNc1nc(Sc2ncnn2C)c2[nH]cnc2n1. The number of aromatic nitrogens is 7. The molecule has 0 bridgehead atoms. The Morgan fingerprint density at radius 3 is 3.00 bits per heavy atom. The molecule has 0 aromatic carbocycles. The molecule has 0 amide bonds. The number of fused-ring (bicyclic) bond motifs is 1. The molecule has 98 valence electrons. The van der Waals surface area contributed by atoms with Crippen molar-refractivity contribution in [3.63, 3.8) is 0 Å². The lowest BCUT2D eigenvalue weighted by Crippen LogP contribution is -2.03. The van der Waals surface area contributed by atoms with Crippen LogP contribution in [0.1, 0.15) is 6.92 Å². The van der Waals surface area contributed by atoms with Crippen molar-refractivity contribution in [2.45, 2.75) is 17.1 Å².